The molecule has 0 saturated carbocycles. The third kappa shape index (κ3) is 19.5. The SMILES string of the molecule is CCCCCCCCCCCCCCC(O)C(CCCCCC)S(=O)(=O)[O-].[K+]. The van der Waals surface area contributed by atoms with Gasteiger partial charge in [0.15, 0.2) is 0 Å². The quantitative estimate of drug-likeness (QED) is 0.177. The van der Waals surface area contributed by atoms with Crippen molar-refractivity contribution in [3.63, 3.8) is 0 Å². The molecule has 0 aromatic carbocycles. The van der Waals surface area contributed by atoms with E-state index >= 15 is 0 Å². The van der Waals surface area contributed by atoms with Crippen molar-refractivity contribution in [2.45, 2.75) is 141 Å². The molecule has 6 heteroatoms. The topological polar surface area (TPSA) is 77.4 Å². The maximum absolute atomic E-state index is 11.4. The smallest absolute Gasteiger partial charge is 0.748 e. The van der Waals surface area contributed by atoms with Crippen molar-refractivity contribution in [2.24, 2.45) is 0 Å². The van der Waals surface area contributed by atoms with Crippen molar-refractivity contribution >= 4 is 10.1 Å². The summed E-state index contributed by atoms with van der Waals surface area (Å²) in [7, 11) is -4.42. The van der Waals surface area contributed by atoms with Crippen LogP contribution < -0.4 is 51.4 Å². The van der Waals surface area contributed by atoms with Crippen molar-refractivity contribution in [1.29, 1.82) is 0 Å². The molecule has 164 valence electrons. The average Bonchev–Trinajstić information content (AvgIpc) is 2.61. The van der Waals surface area contributed by atoms with Crippen molar-refractivity contribution in [3.8, 4) is 0 Å². The standard InChI is InChI=1S/C22H46O4S.K/c1-3-5-7-9-10-11-12-13-14-15-16-17-19-21(23)22(27(24,25)26)20-18-8-6-4-2;/h21-23H,3-20H2,1-2H3,(H,24,25,26);/q;+1/p-1. The number of hydrogen-bond donors (Lipinski definition) is 1. The van der Waals surface area contributed by atoms with Gasteiger partial charge in [-0.1, -0.05) is 117 Å². The van der Waals surface area contributed by atoms with E-state index in [4.69, 9.17) is 0 Å². The molecule has 0 amide bonds. The fraction of sp³-hybridized carbons (Fsp3) is 1.00. The molecule has 28 heavy (non-hydrogen) atoms. The van der Waals surface area contributed by atoms with Gasteiger partial charge in [-0.25, -0.2) is 8.42 Å². The molecule has 0 saturated heterocycles. The molecule has 4 nitrogen and oxygen atoms in total. The number of rotatable bonds is 20. The summed E-state index contributed by atoms with van der Waals surface area (Å²) in [6, 6.07) is 0. The Morgan fingerprint density at radius 2 is 0.964 bits per heavy atom. The van der Waals surface area contributed by atoms with Crippen LogP contribution in [0.1, 0.15) is 129 Å². The average molecular weight is 445 g/mol. The summed E-state index contributed by atoms with van der Waals surface area (Å²) >= 11 is 0. The summed E-state index contributed by atoms with van der Waals surface area (Å²) in [5.41, 5.74) is 0. The first kappa shape index (κ1) is 31.7. The molecule has 2 atom stereocenters. The van der Waals surface area contributed by atoms with E-state index < -0.39 is 21.5 Å². The van der Waals surface area contributed by atoms with Crippen LogP contribution >= 0.6 is 0 Å². The maximum Gasteiger partial charge on any atom is 1.00 e. The van der Waals surface area contributed by atoms with E-state index in [2.05, 4.69) is 13.8 Å². The molecular formula is C22H45KO4S. The summed E-state index contributed by atoms with van der Waals surface area (Å²) in [4.78, 5) is 0. The van der Waals surface area contributed by atoms with Crippen molar-refractivity contribution in [3.05, 3.63) is 0 Å². The predicted octanol–water partition coefficient (Wildman–Crippen LogP) is 3.33. The van der Waals surface area contributed by atoms with Crippen molar-refractivity contribution < 1.29 is 69.5 Å². The van der Waals surface area contributed by atoms with E-state index in [1.54, 1.807) is 0 Å². The fourth-order valence-electron chi connectivity index (χ4n) is 3.68. The molecular weight excluding hydrogens is 399 g/mol. The largest absolute Gasteiger partial charge is 1.00 e. The minimum absolute atomic E-state index is 0. The Kier molecular flexibility index (Phi) is 24.6. The molecule has 0 spiro atoms. The zero-order valence-corrected chi connectivity index (χ0v) is 22.9. The van der Waals surface area contributed by atoms with Gasteiger partial charge < -0.3 is 9.66 Å². The van der Waals surface area contributed by atoms with E-state index in [9.17, 15) is 18.1 Å². The molecule has 0 aliphatic heterocycles. The van der Waals surface area contributed by atoms with Gasteiger partial charge in [-0.05, 0) is 12.8 Å². The zero-order valence-electron chi connectivity index (χ0n) is 19.0. The van der Waals surface area contributed by atoms with Crippen LogP contribution in [0.3, 0.4) is 0 Å². The van der Waals surface area contributed by atoms with Crippen LogP contribution in [-0.4, -0.2) is 29.4 Å². The maximum atomic E-state index is 11.4. The van der Waals surface area contributed by atoms with Crippen LogP contribution in [0.2, 0.25) is 0 Å². The Morgan fingerprint density at radius 1 is 0.643 bits per heavy atom. The summed E-state index contributed by atoms with van der Waals surface area (Å²) in [5, 5.41) is 9.06. The Morgan fingerprint density at radius 3 is 1.36 bits per heavy atom. The molecule has 0 radical (unpaired) electrons. The summed E-state index contributed by atoms with van der Waals surface area (Å²) in [6.45, 7) is 4.33. The Balaban J connectivity index is 0. The number of aliphatic hydroxyl groups excluding tert-OH is 1. The Bertz CT molecular complexity index is 415. The van der Waals surface area contributed by atoms with Crippen molar-refractivity contribution in [1.82, 2.24) is 0 Å². The predicted molar refractivity (Wildman–Crippen MR) is 114 cm³/mol. The molecule has 0 aliphatic carbocycles. The second kappa shape index (κ2) is 21.7. The zero-order chi connectivity index (χ0) is 20.4. The molecule has 0 fully saturated rings. The van der Waals surface area contributed by atoms with Crippen LogP contribution in [0.5, 0.6) is 0 Å². The van der Waals surface area contributed by atoms with Crippen LogP contribution in [0, 0.1) is 0 Å². The normalized spacial score (nSPS) is 13.9. The second-order valence-corrected chi connectivity index (χ2v) is 9.72. The molecule has 0 bridgehead atoms. The molecule has 1 N–H and O–H groups in total. The fourth-order valence-corrected chi connectivity index (χ4v) is 4.66. The minimum Gasteiger partial charge on any atom is -0.748 e. The molecule has 0 aromatic rings. The van der Waals surface area contributed by atoms with Crippen LogP contribution in [0.25, 0.3) is 0 Å². The molecule has 0 aromatic heterocycles. The number of hydrogen-bond acceptors (Lipinski definition) is 4. The number of unbranched alkanes of at least 4 members (excludes halogenated alkanes) is 14. The molecule has 2 unspecified atom stereocenters. The summed E-state index contributed by atoms with van der Waals surface area (Å²) < 4.78 is 34.3. The van der Waals surface area contributed by atoms with Gasteiger partial charge in [-0.2, -0.15) is 0 Å². The third-order valence-electron chi connectivity index (χ3n) is 5.50. The number of aliphatic hydroxyl groups is 1. The van der Waals surface area contributed by atoms with E-state index in [0.717, 1.165) is 38.5 Å². The van der Waals surface area contributed by atoms with Gasteiger partial charge in [0.05, 0.1) is 11.4 Å². The first-order valence-corrected chi connectivity index (χ1v) is 13.0. The minimum atomic E-state index is -4.42. The van der Waals surface area contributed by atoms with E-state index in [0.29, 0.717) is 19.3 Å². The van der Waals surface area contributed by atoms with E-state index in [1.165, 1.54) is 57.8 Å². The summed E-state index contributed by atoms with van der Waals surface area (Å²) in [6.07, 6.45) is 18.3. The van der Waals surface area contributed by atoms with E-state index in [1.807, 2.05) is 0 Å². The Labute approximate surface area is 218 Å². The van der Waals surface area contributed by atoms with Gasteiger partial charge >= 0.3 is 51.4 Å². The third-order valence-corrected chi connectivity index (χ3v) is 6.79. The molecule has 0 heterocycles. The molecule has 0 rings (SSSR count). The van der Waals surface area contributed by atoms with Gasteiger partial charge in [0, 0.05) is 0 Å². The van der Waals surface area contributed by atoms with Gasteiger partial charge in [0.2, 0.25) is 0 Å². The van der Waals surface area contributed by atoms with Crippen LogP contribution in [-0.2, 0) is 10.1 Å². The van der Waals surface area contributed by atoms with Crippen LogP contribution in [0.4, 0.5) is 0 Å². The Hall–Kier alpha value is 1.51. The first-order valence-electron chi connectivity index (χ1n) is 11.6. The van der Waals surface area contributed by atoms with Crippen molar-refractivity contribution in [2.75, 3.05) is 0 Å². The van der Waals surface area contributed by atoms with Crippen LogP contribution in [0.15, 0.2) is 0 Å². The first-order chi connectivity index (χ1) is 12.9. The van der Waals surface area contributed by atoms with Gasteiger partial charge in [0.1, 0.15) is 10.1 Å². The van der Waals surface area contributed by atoms with Gasteiger partial charge in [-0.15, -0.1) is 0 Å². The van der Waals surface area contributed by atoms with Gasteiger partial charge in [0.25, 0.3) is 0 Å². The monoisotopic (exact) mass is 444 g/mol. The summed E-state index contributed by atoms with van der Waals surface area (Å²) in [5.74, 6) is 0. The van der Waals surface area contributed by atoms with E-state index in [-0.39, 0.29) is 51.4 Å². The van der Waals surface area contributed by atoms with Gasteiger partial charge in [-0.3, -0.25) is 0 Å². The second-order valence-electron chi connectivity index (χ2n) is 8.13. The molecule has 0 aliphatic rings.